The Morgan fingerprint density at radius 2 is 1.35 bits per heavy atom. The van der Waals surface area contributed by atoms with Crippen LogP contribution >= 0.6 is 0 Å². The highest BCUT2D eigenvalue weighted by Crippen LogP contribution is 2.39. The number of hydrogen-bond acceptors (Lipinski definition) is 18. The summed E-state index contributed by atoms with van der Waals surface area (Å²) in [7, 11) is 1.31. The van der Waals surface area contributed by atoms with Crippen LogP contribution in [0.25, 0.3) is 0 Å². The molecule has 2 fully saturated rings. The van der Waals surface area contributed by atoms with E-state index in [2.05, 4.69) is 26.6 Å². The Hall–Kier alpha value is -4.72. The predicted molar refractivity (Wildman–Crippen MR) is 246 cm³/mol. The largest absolute Gasteiger partial charge is 0.491 e. The van der Waals surface area contributed by atoms with Gasteiger partial charge in [0.1, 0.15) is 64.7 Å². The van der Waals surface area contributed by atoms with Gasteiger partial charge < -0.3 is 90.8 Å². The maximum atomic E-state index is 13.8. The van der Waals surface area contributed by atoms with Crippen molar-refractivity contribution in [1.29, 1.82) is 0 Å². The van der Waals surface area contributed by atoms with Gasteiger partial charge >= 0.3 is 24.4 Å². The lowest BCUT2D eigenvalue weighted by molar-refractivity contribution is -0.305. The summed E-state index contributed by atoms with van der Waals surface area (Å²) in [6, 6.07) is -4.92. The van der Waals surface area contributed by atoms with Crippen LogP contribution in [0, 0.1) is 5.92 Å². The van der Waals surface area contributed by atoms with Gasteiger partial charge in [0.05, 0.1) is 37.4 Å². The minimum Gasteiger partial charge on any atom is -0.491 e. The molecular weight excluding hydrogens is 911 g/mol. The number of nitrogens with zero attached hydrogens (tertiary/aromatic N) is 1. The molecule has 12 atom stereocenters. The Bertz CT molecular complexity index is 1820. The molecule has 0 spiro atoms. The molecule has 1 saturated carbocycles. The Kier molecular flexibility index (Phi) is 19.9. The van der Waals surface area contributed by atoms with E-state index in [-0.39, 0.29) is 38.1 Å². The summed E-state index contributed by atoms with van der Waals surface area (Å²) >= 11 is 0. The molecule has 2 aliphatic heterocycles. The molecule has 24 heteroatoms. The third-order valence-corrected chi connectivity index (χ3v) is 10.7. The summed E-state index contributed by atoms with van der Waals surface area (Å²) in [5, 5.41) is 60.3. The highest BCUT2D eigenvalue weighted by molar-refractivity contribution is 5.82. The highest BCUT2D eigenvalue weighted by atomic mass is 16.7. The number of nitrogens with two attached hydrogens (primary N) is 1. The van der Waals surface area contributed by atoms with Gasteiger partial charge in [-0.2, -0.15) is 0 Å². The molecule has 396 valence electrons. The fraction of sp³-hybridized carbons (Fsp3) is 0.822. The lowest BCUT2D eigenvalue weighted by Gasteiger charge is -2.52. The van der Waals surface area contributed by atoms with E-state index in [0.717, 1.165) is 4.90 Å². The van der Waals surface area contributed by atoms with Crippen molar-refractivity contribution in [2.24, 2.45) is 11.7 Å². The fourth-order valence-electron chi connectivity index (χ4n) is 8.01. The molecule has 3 aliphatic rings. The third-order valence-electron chi connectivity index (χ3n) is 10.7. The van der Waals surface area contributed by atoms with Gasteiger partial charge in [0.15, 0.2) is 6.29 Å². The fourth-order valence-corrected chi connectivity index (χ4v) is 8.01. The predicted octanol–water partition coefficient (Wildman–Crippen LogP) is 0.751. The van der Waals surface area contributed by atoms with Crippen LogP contribution in [0.3, 0.4) is 0 Å². The second-order valence-corrected chi connectivity index (χ2v) is 21.8. The van der Waals surface area contributed by atoms with Gasteiger partial charge in [-0.1, -0.05) is 0 Å². The van der Waals surface area contributed by atoms with Crippen molar-refractivity contribution in [2.45, 2.75) is 198 Å². The summed E-state index contributed by atoms with van der Waals surface area (Å²) in [6.45, 7) is 19.8. The lowest BCUT2D eigenvalue weighted by atomic mass is 9.72. The van der Waals surface area contributed by atoms with Gasteiger partial charge in [0.2, 0.25) is 11.8 Å². The van der Waals surface area contributed by atoms with Crippen LogP contribution in [0.5, 0.6) is 0 Å². The topological polar surface area (TPSA) is 337 Å². The van der Waals surface area contributed by atoms with Crippen molar-refractivity contribution in [2.75, 3.05) is 33.3 Å². The van der Waals surface area contributed by atoms with Crippen molar-refractivity contribution in [3.63, 3.8) is 0 Å². The van der Waals surface area contributed by atoms with E-state index in [1.54, 1.807) is 89.2 Å². The van der Waals surface area contributed by atoms with Crippen molar-refractivity contribution >= 4 is 36.2 Å². The molecule has 6 amide bonds. The molecule has 3 rings (SSSR count). The van der Waals surface area contributed by atoms with Crippen LogP contribution in [-0.4, -0.2) is 184 Å². The van der Waals surface area contributed by atoms with E-state index in [4.69, 9.17) is 38.9 Å². The summed E-state index contributed by atoms with van der Waals surface area (Å²) < 4.78 is 40.2. The highest BCUT2D eigenvalue weighted by Gasteiger charge is 2.56. The number of carbonyl (C=O) groups is 6. The molecule has 0 bridgehead atoms. The zero-order chi connectivity index (χ0) is 52.6. The maximum Gasteiger partial charge on any atom is 0.410 e. The average Bonchev–Trinajstić information content (AvgIpc) is 3.16. The van der Waals surface area contributed by atoms with Crippen LogP contribution < -0.4 is 32.3 Å². The lowest BCUT2D eigenvalue weighted by Crippen LogP contribution is -2.71. The van der Waals surface area contributed by atoms with E-state index < -0.39 is 144 Å². The van der Waals surface area contributed by atoms with Crippen molar-refractivity contribution in [1.82, 2.24) is 31.5 Å². The van der Waals surface area contributed by atoms with E-state index in [1.165, 1.54) is 14.0 Å². The molecule has 0 aromatic rings. The first-order valence-electron chi connectivity index (χ1n) is 23.1. The molecule has 69 heavy (non-hydrogen) atoms. The Morgan fingerprint density at radius 3 is 1.90 bits per heavy atom. The Labute approximate surface area is 404 Å². The number of alkyl carbamates (subject to hydrolysis) is 3. The zero-order valence-electron chi connectivity index (χ0n) is 42.5. The number of aliphatic hydroxyl groups is 4. The molecule has 0 aromatic carbocycles. The van der Waals surface area contributed by atoms with Gasteiger partial charge in [-0.3, -0.25) is 9.59 Å². The smallest absolute Gasteiger partial charge is 0.410 e. The van der Waals surface area contributed by atoms with Crippen LogP contribution in [-0.2, 0) is 42.7 Å². The Balaban J connectivity index is 2.11. The number of nitrogens with one attached hydrogen (secondary N) is 5. The Morgan fingerprint density at radius 1 is 0.797 bits per heavy atom. The molecule has 2 heterocycles. The SMILES string of the molecule is CN(C(=O)OC(C)(C)C)[C@@H]1[C@@H](O)[C@@H](O[C@H]2[C@H](NC(=O)[C@@H](O)CCNC(=O)OC(C)(C)C)C[C@H](NC(=O)OC(C)(C)C)C([C@H]3OC(CN)=CC[C@H]3NC(=O)CNC(=O)OC(C)(C)C)[C@@H]2O)OC[C@]1(C)O. The van der Waals surface area contributed by atoms with Gasteiger partial charge in [0, 0.05) is 25.6 Å². The monoisotopic (exact) mass is 990 g/mol. The summed E-state index contributed by atoms with van der Waals surface area (Å²) in [6.07, 6.45) is -12.3. The second kappa shape index (κ2) is 23.5. The quantitative estimate of drug-likeness (QED) is 0.107. The normalized spacial score (nSPS) is 29.1. The van der Waals surface area contributed by atoms with Gasteiger partial charge in [-0.15, -0.1) is 0 Å². The van der Waals surface area contributed by atoms with E-state index in [0.29, 0.717) is 0 Å². The van der Waals surface area contributed by atoms with Crippen LogP contribution in [0.15, 0.2) is 11.8 Å². The van der Waals surface area contributed by atoms with Crippen LogP contribution in [0.2, 0.25) is 0 Å². The van der Waals surface area contributed by atoms with E-state index in [9.17, 15) is 49.2 Å². The minimum atomic E-state index is -1.88. The van der Waals surface area contributed by atoms with E-state index in [1.807, 2.05) is 0 Å². The first-order chi connectivity index (χ1) is 31.5. The summed E-state index contributed by atoms with van der Waals surface area (Å²) in [4.78, 5) is 79.8. The van der Waals surface area contributed by atoms with Gasteiger partial charge in [-0.25, -0.2) is 19.2 Å². The standard InChI is InChI=1S/C45H79N7O17/c1-41(2,3)66-37(58)47-18-17-27(53)35(57)50-26-19-25(51-39(60)68-43(7,8)9)29(32-24(16-15-23(20-46)64-32)49-28(54)21-48-38(59)67-42(4,5)6)30(55)33(26)65-36-31(56)34(45(13,62)22-63-36)52(14)40(61)69-44(10,11)12/h15,24-27,29-34,36,53,55-56,62H,16-22,46H2,1-14H3,(H,47,58)(H,48,59)(H,49,54)(H,50,57)(H,51,60)/t24-,25+,26-,27+,29?,30+,31-,32+,33+,34-,36-,45+/m1/s1. The average molecular weight is 990 g/mol. The second-order valence-electron chi connectivity index (χ2n) is 21.8. The third kappa shape index (κ3) is 18.5. The van der Waals surface area contributed by atoms with E-state index >= 15 is 0 Å². The van der Waals surface area contributed by atoms with Gasteiger partial charge in [0.25, 0.3) is 0 Å². The van der Waals surface area contributed by atoms with Crippen molar-refractivity contribution in [3.05, 3.63) is 11.8 Å². The summed E-state index contributed by atoms with van der Waals surface area (Å²) in [5.41, 5.74) is 0.533. The molecular formula is C45H79N7O17. The summed E-state index contributed by atoms with van der Waals surface area (Å²) in [5.74, 6) is -2.67. The van der Waals surface area contributed by atoms with Crippen LogP contribution in [0.1, 0.15) is 109 Å². The van der Waals surface area contributed by atoms with Crippen molar-refractivity contribution < 1.29 is 82.4 Å². The molecule has 24 nitrogen and oxygen atoms in total. The molecule has 11 N–H and O–H groups in total. The molecule has 0 aromatic heterocycles. The maximum absolute atomic E-state index is 13.8. The molecule has 1 aliphatic carbocycles. The van der Waals surface area contributed by atoms with Crippen molar-refractivity contribution in [3.8, 4) is 0 Å². The molecule has 1 saturated heterocycles. The number of carbonyl (C=O) groups excluding carboxylic acids is 6. The number of aliphatic hydroxyl groups excluding tert-OH is 3. The molecule has 0 radical (unpaired) electrons. The number of hydrogen-bond donors (Lipinski definition) is 10. The first kappa shape index (κ1) is 58.6. The minimum absolute atomic E-state index is 0.0885. The number of rotatable bonds is 14. The number of amides is 6. The van der Waals surface area contributed by atoms with Crippen LogP contribution in [0.4, 0.5) is 19.2 Å². The number of ether oxygens (including phenoxy) is 7. The van der Waals surface area contributed by atoms with Gasteiger partial charge in [-0.05, 0) is 115 Å². The molecule has 1 unspecified atom stereocenters. The first-order valence-corrected chi connectivity index (χ1v) is 23.1. The number of likely N-dealkylation sites (N-methyl/N-ethyl adjacent to an activating group) is 1. The zero-order valence-corrected chi connectivity index (χ0v) is 42.5.